The summed E-state index contributed by atoms with van der Waals surface area (Å²) in [5, 5.41) is 0. The average molecular weight is 286 g/mol. The zero-order valence-electron chi connectivity index (χ0n) is 12.0. The fourth-order valence-corrected chi connectivity index (χ4v) is 2.10. The van der Waals surface area contributed by atoms with Gasteiger partial charge in [0.05, 0.1) is 12.2 Å². The topological polar surface area (TPSA) is 9.23 Å². The van der Waals surface area contributed by atoms with Crippen molar-refractivity contribution in [1.29, 1.82) is 0 Å². The molecule has 4 heteroatoms. The van der Waals surface area contributed by atoms with Gasteiger partial charge in [0.15, 0.2) is 0 Å². The maximum Gasteiger partial charge on any atom is 0.416 e. The molecule has 112 valence electrons. The number of hydrogen-bond acceptors (Lipinski definition) is 1. The fourth-order valence-electron chi connectivity index (χ4n) is 2.10. The zero-order chi connectivity index (χ0) is 15.2. The molecule has 0 aliphatic heterocycles. The monoisotopic (exact) mass is 286 g/mol. The Morgan fingerprint density at radius 2 is 2.00 bits per heavy atom. The van der Waals surface area contributed by atoms with Crippen LogP contribution >= 0.6 is 0 Å². The largest absolute Gasteiger partial charge is 0.493 e. The van der Waals surface area contributed by atoms with Crippen LogP contribution in [0.2, 0.25) is 0 Å². The normalized spacial score (nSPS) is 13.1. The molecule has 0 radical (unpaired) electrons. The van der Waals surface area contributed by atoms with Crippen molar-refractivity contribution < 1.29 is 17.9 Å². The minimum absolute atomic E-state index is 0.00153. The number of allylic oxidation sites excluding steroid dienone is 1. The SMILES string of the molecule is C=CCC(CC)c1cc(C(F)(F)F)ccc1OCCC. The Hall–Kier alpha value is -1.45. The highest BCUT2D eigenvalue weighted by atomic mass is 19.4. The molecule has 0 aromatic heterocycles. The molecule has 0 saturated carbocycles. The van der Waals surface area contributed by atoms with E-state index in [2.05, 4.69) is 6.58 Å². The molecule has 0 bridgehead atoms. The van der Waals surface area contributed by atoms with Gasteiger partial charge >= 0.3 is 6.18 Å². The predicted octanol–water partition coefficient (Wildman–Crippen LogP) is 5.56. The highest BCUT2D eigenvalue weighted by molar-refractivity contribution is 5.41. The number of alkyl halides is 3. The lowest BCUT2D eigenvalue weighted by atomic mass is 9.91. The summed E-state index contributed by atoms with van der Waals surface area (Å²) in [4.78, 5) is 0. The molecule has 0 heterocycles. The van der Waals surface area contributed by atoms with E-state index in [0.717, 1.165) is 18.9 Å². The van der Waals surface area contributed by atoms with Gasteiger partial charge in [0.25, 0.3) is 0 Å². The Kier molecular flexibility index (Phi) is 6.11. The second-order valence-electron chi connectivity index (χ2n) is 4.73. The summed E-state index contributed by atoms with van der Waals surface area (Å²) in [6, 6.07) is 3.72. The van der Waals surface area contributed by atoms with Crippen LogP contribution in [0.3, 0.4) is 0 Å². The van der Waals surface area contributed by atoms with E-state index in [1.54, 1.807) is 6.08 Å². The standard InChI is InChI=1S/C16H21F3O/c1-4-7-12(6-3)14-11-13(16(17,18)19)8-9-15(14)20-10-5-2/h4,8-9,11-12H,1,5-7,10H2,2-3H3. The first-order valence-electron chi connectivity index (χ1n) is 6.88. The van der Waals surface area contributed by atoms with Crippen molar-refractivity contribution in [3.63, 3.8) is 0 Å². The minimum atomic E-state index is -4.33. The molecule has 0 saturated heterocycles. The van der Waals surface area contributed by atoms with E-state index in [1.807, 2.05) is 13.8 Å². The molecule has 1 aromatic carbocycles. The number of hydrogen-bond donors (Lipinski definition) is 0. The van der Waals surface area contributed by atoms with Crippen LogP contribution in [0.25, 0.3) is 0 Å². The van der Waals surface area contributed by atoms with E-state index in [-0.39, 0.29) is 5.92 Å². The third-order valence-electron chi connectivity index (χ3n) is 3.18. The summed E-state index contributed by atoms with van der Waals surface area (Å²) >= 11 is 0. The summed E-state index contributed by atoms with van der Waals surface area (Å²) in [6.45, 7) is 8.10. The van der Waals surface area contributed by atoms with Crippen molar-refractivity contribution in [3.8, 4) is 5.75 Å². The molecule has 1 aromatic rings. The molecular weight excluding hydrogens is 265 g/mol. The van der Waals surface area contributed by atoms with Crippen LogP contribution in [0.5, 0.6) is 5.75 Å². The van der Waals surface area contributed by atoms with Gasteiger partial charge in [-0.15, -0.1) is 6.58 Å². The first-order chi connectivity index (χ1) is 9.43. The molecule has 0 spiro atoms. The van der Waals surface area contributed by atoms with Crippen molar-refractivity contribution >= 4 is 0 Å². The van der Waals surface area contributed by atoms with Gasteiger partial charge in [0, 0.05) is 0 Å². The first-order valence-corrected chi connectivity index (χ1v) is 6.88. The summed E-state index contributed by atoms with van der Waals surface area (Å²) in [6.07, 6.45) is -0.392. The van der Waals surface area contributed by atoms with E-state index in [0.29, 0.717) is 24.3 Å². The minimum Gasteiger partial charge on any atom is -0.493 e. The van der Waals surface area contributed by atoms with Gasteiger partial charge in [-0.2, -0.15) is 13.2 Å². The summed E-state index contributed by atoms with van der Waals surface area (Å²) in [7, 11) is 0. The molecule has 0 amide bonds. The maximum atomic E-state index is 12.8. The third kappa shape index (κ3) is 4.29. The Labute approximate surface area is 118 Å². The number of ether oxygens (including phenoxy) is 1. The van der Waals surface area contributed by atoms with Crippen LogP contribution in [0.4, 0.5) is 13.2 Å². The molecule has 1 atom stereocenters. The summed E-state index contributed by atoms with van der Waals surface area (Å²) in [5.41, 5.74) is -0.00506. The highest BCUT2D eigenvalue weighted by Crippen LogP contribution is 2.37. The Balaban J connectivity index is 3.20. The second kappa shape index (κ2) is 7.36. The van der Waals surface area contributed by atoms with Gasteiger partial charge in [-0.3, -0.25) is 0 Å². The molecular formula is C16H21F3O. The van der Waals surface area contributed by atoms with E-state index >= 15 is 0 Å². The van der Waals surface area contributed by atoms with E-state index in [1.165, 1.54) is 12.1 Å². The molecule has 1 unspecified atom stereocenters. The maximum absolute atomic E-state index is 12.8. The van der Waals surface area contributed by atoms with Crippen molar-refractivity contribution in [1.82, 2.24) is 0 Å². The molecule has 0 aliphatic rings. The van der Waals surface area contributed by atoms with Crippen molar-refractivity contribution in [2.75, 3.05) is 6.61 Å². The van der Waals surface area contributed by atoms with Crippen LogP contribution in [0.15, 0.2) is 30.9 Å². The van der Waals surface area contributed by atoms with Gasteiger partial charge in [0.2, 0.25) is 0 Å². The van der Waals surface area contributed by atoms with Crippen molar-refractivity contribution in [2.45, 2.75) is 45.2 Å². The highest BCUT2D eigenvalue weighted by Gasteiger charge is 2.31. The number of rotatable bonds is 7. The molecule has 0 aliphatic carbocycles. The Morgan fingerprint density at radius 1 is 1.30 bits per heavy atom. The Bertz CT molecular complexity index is 438. The lowest BCUT2D eigenvalue weighted by Gasteiger charge is -2.20. The second-order valence-corrected chi connectivity index (χ2v) is 4.73. The first kappa shape index (κ1) is 16.6. The lowest BCUT2D eigenvalue weighted by molar-refractivity contribution is -0.137. The van der Waals surface area contributed by atoms with Crippen LogP contribution in [0, 0.1) is 0 Å². The van der Waals surface area contributed by atoms with Crippen LogP contribution in [-0.2, 0) is 6.18 Å². The molecule has 1 rings (SSSR count). The predicted molar refractivity (Wildman–Crippen MR) is 75.1 cm³/mol. The van der Waals surface area contributed by atoms with Crippen molar-refractivity contribution in [2.24, 2.45) is 0 Å². The molecule has 20 heavy (non-hydrogen) atoms. The summed E-state index contributed by atoms with van der Waals surface area (Å²) < 4.78 is 44.1. The lowest BCUT2D eigenvalue weighted by Crippen LogP contribution is -2.09. The molecule has 0 N–H and O–H groups in total. The zero-order valence-corrected chi connectivity index (χ0v) is 12.0. The van der Waals surface area contributed by atoms with E-state index in [9.17, 15) is 13.2 Å². The smallest absolute Gasteiger partial charge is 0.416 e. The quantitative estimate of drug-likeness (QED) is 0.596. The van der Waals surface area contributed by atoms with Gasteiger partial charge in [-0.1, -0.05) is 19.9 Å². The van der Waals surface area contributed by atoms with E-state index in [4.69, 9.17) is 4.74 Å². The van der Waals surface area contributed by atoms with Gasteiger partial charge in [0.1, 0.15) is 5.75 Å². The average Bonchev–Trinajstić information content (AvgIpc) is 2.41. The van der Waals surface area contributed by atoms with E-state index < -0.39 is 11.7 Å². The molecule has 0 fully saturated rings. The van der Waals surface area contributed by atoms with Crippen LogP contribution < -0.4 is 4.74 Å². The molecule has 1 nitrogen and oxygen atoms in total. The fraction of sp³-hybridized carbons (Fsp3) is 0.500. The Morgan fingerprint density at radius 3 is 2.50 bits per heavy atom. The van der Waals surface area contributed by atoms with Crippen molar-refractivity contribution in [3.05, 3.63) is 42.0 Å². The van der Waals surface area contributed by atoms with Crippen LogP contribution in [-0.4, -0.2) is 6.61 Å². The number of benzene rings is 1. The van der Waals surface area contributed by atoms with Gasteiger partial charge in [-0.25, -0.2) is 0 Å². The van der Waals surface area contributed by atoms with Crippen LogP contribution in [0.1, 0.15) is 50.2 Å². The summed E-state index contributed by atoms with van der Waals surface area (Å²) in [5.74, 6) is 0.551. The number of halogens is 3. The van der Waals surface area contributed by atoms with Gasteiger partial charge < -0.3 is 4.74 Å². The van der Waals surface area contributed by atoms with Gasteiger partial charge in [-0.05, 0) is 48.9 Å². The third-order valence-corrected chi connectivity index (χ3v) is 3.18.